The normalized spacial score (nSPS) is 12.7. The first-order chi connectivity index (χ1) is 11.0. The highest BCUT2D eigenvalue weighted by Gasteiger charge is 2.12. The van der Waals surface area contributed by atoms with Crippen LogP contribution in [-0.2, 0) is 15.6 Å². The van der Waals surface area contributed by atoms with E-state index in [1.807, 2.05) is 56.3 Å². The minimum absolute atomic E-state index is 0.0726. The van der Waals surface area contributed by atoms with Gasteiger partial charge in [0.25, 0.3) is 0 Å². The molecule has 2 aromatic rings. The van der Waals surface area contributed by atoms with Crippen LogP contribution in [0.25, 0.3) is 6.08 Å². The summed E-state index contributed by atoms with van der Waals surface area (Å²) in [5.41, 5.74) is 1.81. The van der Waals surface area contributed by atoms with Crippen molar-refractivity contribution in [3.05, 3.63) is 53.7 Å². The highest BCUT2D eigenvalue weighted by molar-refractivity contribution is 7.85. The molecule has 0 aliphatic heterocycles. The summed E-state index contributed by atoms with van der Waals surface area (Å²) >= 11 is 0. The van der Waals surface area contributed by atoms with Crippen molar-refractivity contribution in [2.75, 3.05) is 16.8 Å². The van der Waals surface area contributed by atoms with Crippen molar-refractivity contribution in [2.24, 2.45) is 0 Å². The number of nitrogens with zero attached hydrogens (tertiary/aromatic N) is 1. The molecule has 0 saturated carbocycles. The lowest BCUT2D eigenvalue weighted by atomic mass is 10.1. The molecule has 1 N–H and O–H groups in total. The molecule has 1 amide bonds. The van der Waals surface area contributed by atoms with E-state index in [4.69, 9.17) is 4.52 Å². The number of aromatic nitrogens is 1. The number of hydrogen-bond donors (Lipinski definition) is 1. The molecular formula is C17H20N2O3S. The first-order valence-corrected chi connectivity index (χ1v) is 8.86. The zero-order valence-electron chi connectivity index (χ0n) is 13.2. The fourth-order valence-electron chi connectivity index (χ4n) is 1.85. The van der Waals surface area contributed by atoms with E-state index in [0.717, 1.165) is 11.3 Å². The van der Waals surface area contributed by atoms with Crippen LogP contribution in [0.4, 0.5) is 5.88 Å². The quantitative estimate of drug-likeness (QED) is 0.845. The summed E-state index contributed by atoms with van der Waals surface area (Å²) in [6.07, 6.45) is 3.70. The van der Waals surface area contributed by atoms with Crippen LogP contribution in [0.1, 0.15) is 31.0 Å². The average molecular weight is 332 g/mol. The monoisotopic (exact) mass is 332 g/mol. The highest BCUT2D eigenvalue weighted by atomic mass is 32.2. The molecule has 23 heavy (non-hydrogen) atoms. The molecule has 122 valence electrons. The van der Waals surface area contributed by atoms with Gasteiger partial charge in [-0.15, -0.1) is 0 Å². The van der Waals surface area contributed by atoms with E-state index in [-0.39, 0.29) is 23.5 Å². The molecule has 0 aliphatic carbocycles. The lowest BCUT2D eigenvalue weighted by molar-refractivity contribution is -0.114. The average Bonchev–Trinajstić information content (AvgIpc) is 2.97. The molecule has 1 heterocycles. The van der Waals surface area contributed by atoms with Crippen LogP contribution in [0.5, 0.6) is 0 Å². The van der Waals surface area contributed by atoms with Crippen molar-refractivity contribution >= 4 is 28.7 Å². The molecular weight excluding hydrogens is 312 g/mol. The summed E-state index contributed by atoms with van der Waals surface area (Å²) < 4.78 is 16.9. The van der Waals surface area contributed by atoms with Crippen LogP contribution in [0.15, 0.2) is 47.0 Å². The van der Waals surface area contributed by atoms with E-state index in [0.29, 0.717) is 5.75 Å². The van der Waals surface area contributed by atoms with Crippen LogP contribution in [0.3, 0.4) is 0 Å². The molecule has 2 rings (SSSR count). The molecule has 6 heteroatoms. The van der Waals surface area contributed by atoms with E-state index < -0.39 is 10.8 Å². The Hall–Kier alpha value is -2.21. The topological polar surface area (TPSA) is 72.2 Å². The van der Waals surface area contributed by atoms with Gasteiger partial charge >= 0.3 is 0 Å². The summed E-state index contributed by atoms with van der Waals surface area (Å²) in [5, 5.41) is 6.43. The number of hydrogen-bond acceptors (Lipinski definition) is 4. The van der Waals surface area contributed by atoms with Crippen LogP contribution < -0.4 is 5.32 Å². The Morgan fingerprint density at radius 3 is 2.74 bits per heavy atom. The number of benzene rings is 1. The van der Waals surface area contributed by atoms with E-state index in [1.54, 1.807) is 6.07 Å². The first-order valence-electron chi connectivity index (χ1n) is 7.37. The van der Waals surface area contributed by atoms with Gasteiger partial charge in [0.05, 0.1) is 5.69 Å². The molecule has 0 fully saturated rings. The second kappa shape index (κ2) is 8.43. The molecule has 0 unspecified atom stereocenters. The van der Waals surface area contributed by atoms with Gasteiger partial charge in [0.2, 0.25) is 11.8 Å². The third-order valence-electron chi connectivity index (χ3n) is 3.07. The van der Waals surface area contributed by atoms with Gasteiger partial charge < -0.3 is 4.52 Å². The molecule has 1 aromatic carbocycles. The first kappa shape index (κ1) is 17.1. The summed E-state index contributed by atoms with van der Waals surface area (Å²) in [7, 11) is -1.26. The Kier molecular flexibility index (Phi) is 6.29. The number of carbonyl (C=O) groups excluding carboxylic acids is 1. The fourth-order valence-corrected chi connectivity index (χ4v) is 2.65. The maximum atomic E-state index is 11.9. The van der Waals surface area contributed by atoms with Crippen molar-refractivity contribution < 1.29 is 13.5 Å². The Balaban J connectivity index is 1.78. The van der Waals surface area contributed by atoms with Gasteiger partial charge in [-0.1, -0.05) is 61.5 Å². The van der Waals surface area contributed by atoms with Crippen LogP contribution in [-0.4, -0.2) is 26.8 Å². The Morgan fingerprint density at radius 1 is 1.35 bits per heavy atom. The second-order valence-corrected chi connectivity index (χ2v) is 6.88. The van der Waals surface area contributed by atoms with E-state index in [9.17, 15) is 9.00 Å². The van der Waals surface area contributed by atoms with Crippen LogP contribution >= 0.6 is 0 Å². The highest BCUT2D eigenvalue weighted by Crippen LogP contribution is 2.17. The predicted octanol–water partition coefficient (Wildman–Crippen LogP) is 3.20. The minimum atomic E-state index is -1.26. The van der Waals surface area contributed by atoms with Crippen molar-refractivity contribution in [3.8, 4) is 0 Å². The van der Waals surface area contributed by atoms with Crippen molar-refractivity contribution in [1.29, 1.82) is 0 Å². The van der Waals surface area contributed by atoms with E-state index >= 15 is 0 Å². The molecule has 1 aromatic heterocycles. The third kappa shape index (κ3) is 5.83. The Labute approximate surface area is 138 Å². The van der Waals surface area contributed by atoms with Crippen LogP contribution in [0, 0.1) is 0 Å². The molecule has 0 aliphatic rings. The van der Waals surface area contributed by atoms with Gasteiger partial charge in [0, 0.05) is 22.6 Å². The molecule has 0 saturated heterocycles. The van der Waals surface area contributed by atoms with Crippen molar-refractivity contribution in [2.45, 2.75) is 19.8 Å². The predicted molar refractivity (Wildman–Crippen MR) is 92.6 cm³/mol. The Bertz CT molecular complexity index is 693. The molecule has 1 atom stereocenters. The maximum absolute atomic E-state index is 11.9. The smallest absolute Gasteiger partial charge is 0.239 e. The summed E-state index contributed by atoms with van der Waals surface area (Å²) in [6, 6.07) is 11.4. The number of carbonyl (C=O) groups is 1. The van der Waals surface area contributed by atoms with Gasteiger partial charge in [-0.05, 0) is 11.5 Å². The summed E-state index contributed by atoms with van der Waals surface area (Å²) in [6.45, 7) is 3.97. The second-order valence-electron chi connectivity index (χ2n) is 5.38. The largest absolute Gasteiger partial charge is 0.338 e. The molecule has 5 nitrogen and oxygen atoms in total. The number of anilines is 1. The minimum Gasteiger partial charge on any atom is -0.338 e. The lowest BCUT2D eigenvalue weighted by Gasteiger charge is -2.00. The maximum Gasteiger partial charge on any atom is 0.239 e. The summed E-state index contributed by atoms with van der Waals surface area (Å²) in [5.74, 6) is 0.423. The summed E-state index contributed by atoms with van der Waals surface area (Å²) in [4.78, 5) is 11.8. The van der Waals surface area contributed by atoms with E-state index in [2.05, 4.69) is 10.5 Å². The molecule has 0 radical (unpaired) electrons. The number of amides is 1. The molecule has 0 bridgehead atoms. The van der Waals surface area contributed by atoms with Gasteiger partial charge in [-0.2, -0.15) is 0 Å². The zero-order chi connectivity index (χ0) is 16.7. The van der Waals surface area contributed by atoms with Gasteiger partial charge in [-0.3, -0.25) is 14.3 Å². The Morgan fingerprint density at radius 2 is 2.09 bits per heavy atom. The SMILES string of the molecule is CC(C)c1cc(NC(=O)C[S@](=O)C/C=C\c2ccccc2)on1. The standard InChI is InChI=1S/C17H20N2O3S/c1-13(2)15-11-17(22-19-15)18-16(20)12-23(21)10-6-9-14-7-4-3-5-8-14/h3-9,11,13H,10,12H2,1-2H3,(H,18,20)/b9-6-/t23-/m1/s1. The number of nitrogens with one attached hydrogen (secondary N) is 1. The van der Waals surface area contributed by atoms with Gasteiger partial charge in [0.15, 0.2) is 0 Å². The van der Waals surface area contributed by atoms with Crippen LogP contribution in [0.2, 0.25) is 0 Å². The fraction of sp³-hybridized carbons (Fsp3) is 0.294. The van der Waals surface area contributed by atoms with E-state index in [1.165, 1.54) is 0 Å². The van der Waals surface area contributed by atoms with Crippen molar-refractivity contribution in [3.63, 3.8) is 0 Å². The zero-order valence-corrected chi connectivity index (χ0v) is 14.0. The third-order valence-corrected chi connectivity index (χ3v) is 4.22. The molecule has 0 spiro atoms. The van der Waals surface area contributed by atoms with Crippen molar-refractivity contribution in [1.82, 2.24) is 5.16 Å². The number of rotatable bonds is 7. The van der Waals surface area contributed by atoms with Gasteiger partial charge in [-0.25, -0.2) is 0 Å². The van der Waals surface area contributed by atoms with Gasteiger partial charge in [0.1, 0.15) is 5.75 Å². The lowest BCUT2D eigenvalue weighted by Crippen LogP contribution is -2.20.